The van der Waals surface area contributed by atoms with Crippen molar-refractivity contribution in [3.63, 3.8) is 0 Å². The molecule has 1 aromatic heterocycles. The van der Waals surface area contributed by atoms with Gasteiger partial charge in [0, 0.05) is 5.69 Å². The van der Waals surface area contributed by atoms with Crippen molar-refractivity contribution in [2.75, 3.05) is 10.6 Å². The summed E-state index contributed by atoms with van der Waals surface area (Å²) in [5.41, 5.74) is 2.11. The summed E-state index contributed by atoms with van der Waals surface area (Å²) in [6.45, 7) is 5.85. The molecule has 2 aromatic rings. The van der Waals surface area contributed by atoms with E-state index in [1.54, 1.807) is 0 Å². The second kappa shape index (κ2) is 6.47. The zero-order chi connectivity index (χ0) is 14.5. The van der Waals surface area contributed by atoms with Gasteiger partial charge in [-0.3, -0.25) is 10.1 Å². The Morgan fingerprint density at radius 3 is 2.60 bits per heavy atom. The van der Waals surface area contributed by atoms with Crippen molar-refractivity contribution in [3.05, 3.63) is 34.8 Å². The first-order chi connectivity index (χ1) is 9.58. The van der Waals surface area contributed by atoms with Crippen LogP contribution in [-0.4, -0.2) is 22.1 Å². The molecule has 0 fully saturated rings. The molecule has 1 atom stereocenters. The Morgan fingerprint density at radius 1 is 1.30 bits per heavy atom. The third-order valence-electron chi connectivity index (χ3n) is 2.83. The Morgan fingerprint density at radius 2 is 2.00 bits per heavy atom. The number of aromatic nitrogens is 2. The number of rotatable bonds is 5. The van der Waals surface area contributed by atoms with Crippen molar-refractivity contribution < 1.29 is 4.79 Å². The van der Waals surface area contributed by atoms with Crippen molar-refractivity contribution in [1.29, 1.82) is 0 Å². The van der Waals surface area contributed by atoms with Crippen LogP contribution in [0, 0.1) is 6.92 Å². The highest BCUT2D eigenvalue weighted by atomic mass is 32.1. The topological polar surface area (TPSA) is 66.9 Å². The summed E-state index contributed by atoms with van der Waals surface area (Å²) in [5, 5.41) is 15.3. The predicted molar refractivity (Wildman–Crippen MR) is 82.2 cm³/mol. The molecule has 1 heterocycles. The number of nitrogens with one attached hydrogen (secondary N) is 2. The van der Waals surface area contributed by atoms with Crippen molar-refractivity contribution in [1.82, 2.24) is 10.2 Å². The number of carbonyl (C=O) groups excluding carboxylic acids is 1. The second-order valence-corrected chi connectivity index (χ2v) is 5.64. The minimum Gasteiger partial charge on any atom is -0.374 e. The molecule has 2 N–H and O–H groups in total. The maximum atomic E-state index is 12.0. The third kappa shape index (κ3) is 3.77. The lowest BCUT2D eigenvalue weighted by Crippen LogP contribution is -2.31. The van der Waals surface area contributed by atoms with E-state index in [1.165, 1.54) is 16.9 Å². The van der Waals surface area contributed by atoms with Crippen molar-refractivity contribution in [3.8, 4) is 0 Å². The zero-order valence-corrected chi connectivity index (χ0v) is 12.6. The van der Waals surface area contributed by atoms with Gasteiger partial charge in [-0.2, -0.15) is 0 Å². The van der Waals surface area contributed by atoms with Gasteiger partial charge in [0.1, 0.15) is 11.0 Å². The summed E-state index contributed by atoms with van der Waals surface area (Å²) in [6, 6.07) is 7.58. The molecule has 0 aliphatic rings. The molecular weight excluding hydrogens is 272 g/mol. The van der Waals surface area contributed by atoms with Gasteiger partial charge in [0.2, 0.25) is 11.0 Å². The number of aryl methyl sites for hydroxylation is 2. The monoisotopic (exact) mass is 290 g/mol. The highest BCUT2D eigenvalue weighted by Crippen LogP contribution is 2.16. The average Bonchev–Trinajstić information content (AvgIpc) is 2.89. The lowest BCUT2D eigenvalue weighted by molar-refractivity contribution is -0.116. The second-order valence-electron chi connectivity index (χ2n) is 4.58. The van der Waals surface area contributed by atoms with Gasteiger partial charge in [-0.1, -0.05) is 36.0 Å². The summed E-state index contributed by atoms with van der Waals surface area (Å²) in [7, 11) is 0. The van der Waals surface area contributed by atoms with Gasteiger partial charge in [0.05, 0.1) is 0 Å². The molecule has 0 saturated carbocycles. The fraction of sp³-hybridized carbons (Fsp3) is 0.357. The maximum Gasteiger partial charge on any atom is 0.248 e. The van der Waals surface area contributed by atoms with Crippen LogP contribution >= 0.6 is 11.3 Å². The van der Waals surface area contributed by atoms with E-state index in [0.29, 0.717) is 5.13 Å². The lowest BCUT2D eigenvalue weighted by atomic mass is 10.2. The molecule has 1 aromatic carbocycles. The fourth-order valence-corrected chi connectivity index (χ4v) is 2.31. The summed E-state index contributed by atoms with van der Waals surface area (Å²) >= 11 is 1.40. The highest BCUT2D eigenvalue weighted by Gasteiger charge is 2.14. The van der Waals surface area contributed by atoms with Gasteiger partial charge in [0.15, 0.2) is 0 Å². The van der Waals surface area contributed by atoms with Gasteiger partial charge in [-0.15, -0.1) is 10.2 Å². The van der Waals surface area contributed by atoms with E-state index < -0.39 is 0 Å². The molecular formula is C14H18N4OS. The molecule has 2 rings (SSSR count). The van der Waals surface area contributed by atoms with E-state index in [-0.39, 0.29) is 11.9 Å². The SMILES string of the molecule is CCc1nnc(NC(=O)[C@H](C)Nc2ccc(C)cc2)s1. The first-order valence-electron chi connectivity index (χ1n) is 6.55. The lowest BCUT2D eigenvalue weighted by Gasteiger charge is -2.14. The van der Waals surface area contributed by atoms with Crippen LogP contribution in [0.25, 0.3) is 0 Å². The number of nitrogens with zero attached hydrogens (tertiary/aromatic N) is 2. The number of hydrogen-bond acceptors (Lipinski definition) is 5. The zero-order valence-electron chi connectivity index (χ0n) is 11.8. The van der Waals surface area contributed by atoms with Crippen LogP contribution in [0.1, 0.15) is 24.4 Å². The van der Waals surface area contributed by atoms with Crippen LogP contribution in [0.4, 0.5) is 10.8 Å². The Balaban J connectivity index is 1.93. The van der Waals surface area contributed by atoms with E-state index >= 15 is 0 Å². The highest BCUT2D eigenvalue weighted by molar-refractivity contribution is 7.15. The third-order valence-corrected chi connectivity index (χ3v) is 3.81. The molecule has 0 aliphatic heterocycles. The molecule has 0 aliphatic carbocycles. The predicted octanol–water partition coefficient (Wildman–Crippen LogP) is 2.85. The van der Waals surface area contributed by atoms with Crippen LogP contribution in [-0.2, 0) is 11.2 Å². The number of hydrogen-bond donors (Lipinski definition) is 2. The Labute approximate surface area is 122 Å². The van der Waals surface area contributed by atoms with E-state index in [1.807, 2.05) is 45.0 Å². The van der Waals surface area contributed by atoms with Crippen LogP contribution in [0.15, 0.2) is 24.3 Å². The normalized spacial score (nSPS) is 11.9. The number of amides is 1. The molecule has 0 unspecified atom stereocenters. The fourth-order valence-electron chi connectivity index (χ4n) is 1.63. The van der Waals surface area contributed by atoms with Gasteiger partial charge in [-0.05, 0) is 32.4 Å². The smallest absolute Gasteiger partial charge is 0.248 e. The first-order valence-corrected chi connectivity index (χ1v) is 7.36. The summed E-state index contributed by atoms with van der Waals surface area (Å²) < 4.78 is 0. The quantitative estimate of drug-likeness (QED) is 0.888. The Bertz CT molecular complexity index is 579. The minimum atomic E-state index is -0.341. The largest absolute Gasteiger partial charge is 0.374 e. The molecule has 5 nitrogen and oxygen atoms in total. The van der Waals surface area contributed by atoms with E-state index in [2.05, 4.69) is 20.8 Å². The molecule has 0 radical (unpaired) electrons. The Hall–Kier alpha value is -1.95. The van der Waals surface area contributed by atoms with Crippen LogP contribution in [0.3, 0.4) is 0 Å². The average molecular weight is 290 g/mol. The van der Waals surface area contributed by atoms with Crippen LogP contribution in [0.5, 0.6) is 0 Å². The Kier molecular flexibility index (Phi) is 4.68. The van der Waals surface area contributed by atoms with Gasteiger partial charge < -0.3 is 5.32 Å². The van der Waals surface area contributed by atoms with Crippen molar-refractivity contribution in [2.45, 2.75) is 33.2 Å². The van der Waals surface area contributed by atoms with Gasteiger partial charge in [0.25, 0.3) is 0 Å². The van der Waals surface area contributed by atoms with Gasteiger partial charge >= 0.3 is 0 Å². The van der Waals surface area contributed by atoms with Crippen LogP contribution < -0.4 is 10.6 Å². The van der Waals surface area contributed by atoms with E-state index in [4.69, 9.17) is 0 Å². The minimum absolute atomic E-state index is 0.121. The summed E-state index contributed by atoms with van der Waals surface area (Å²) in [4.78, 5) is 12.0. The standard InChI is InChI=1S/C14H18N4OS/c1-4-12-17-18-14(20-12)16-13(19)10(3)15-11-7-5-9(2)6-8-11/h5-8,10,15H,4H2,1-3H3,(H,16,18,19)/t10-/m0/s1. The summed E-state index contributed by atoms with van der Waals surface area (Å²) in [5.74, 6) is -0.121. The van der Waals surface area contributed by atoms with Gasteiger partial charge in [-0.25, -0.2) is 0 Å². The summed E-state index contributed by atoms with van der Waals surface area (Å²) in [6.07, 6.45) is 0.824. The van der Waals surface area contributed by atoms with Crippen LogP contribution in [0.2, 0.25) is 0 Å². The number of anilines is 2. The molecule has 0 spiro atoms. The molecule has 20 heavy (non-hydrogen) atoms. The van der Waals surface area contributed by atoms with E-state index in [0.717, 1.165) is 17.1 Å². The number of carbonyl (C=O) groups is 1. The molecule has 6 heteroatoms. The molecule has 106 valence electrons. The first kappa shape index (κ1) is 14.5. The molecule has 0 saturated heterocycles. The molecule has 0 bridgehead atoms. The van der Waals surface area contributed by atoms with E-state index in [9.17, 15) is 4.79 Å². The molecule has 1 amide bonds. The number of benzene rings is 1. The van der Waals surface area contributed by atoms with Crippen molar-refractivity contribution >= 4 is 28.1 Å². The van der Waals surface area contributed by atoms with Crippen molar-refractivity contribution in [2.24, 2.45) is 0 Å². The maximum absolute atomic E-state index is 12.0.